The van der Waals surface area contributed by atoms with Gasteiger partial charge in [-0.2, -0.15) is 0 Å². The molecular formula is C14H22N2O2Sn. The Hall–Kier alpha value is -0.591. The molecule has 0 aliphatic carbocycles. The van der Waals surface area contributed by atoms with Crippen molar-refractivity contribution in [3.8, 4) is 0 Å². The summed E-state index contributed by atoms with van der Waals surface area (Å²) in [6, 6.07) is 4.19. The second-order valence-corrected chi connectivity index (χ2v) is 20.0. The summed E-state index contributed by atoms with van der Waals surface area (Å²) < 4.78 is 14.2. The summed E-state index contributed by atoms with van der Waals surface area (Å²) >= 11 is -2.12. The Balaban J connectivity index is 2.29. The maximum atomic E-state index is 5.62. The van der Waals surface area contributed by atoms with Gasteiger partial charge in [0.15, 0.2) is 0 Å². The van der Waals surface area contributed by atoms with Gasteiger partial charge in [-0.05, 0) is 0 Å². The first-order chi connectivity index (χ1) is 9.04. The molecule has 0 fully saturated rings. The number of nitrogens with zero attached hydrogens (tertiary/aromatic N) is 2. The van der Waals surface area contributed by atoms with E-state index < -0.39 is 18.4 Å². The van der Waals surface area contributed by atoms with Crippen LogP contribution < -0.4 is 3.58 Å². The van der Waals surface area contributed by atoms with Crippen LogP contribution in [0.4, 0.5) is 0 Å². The standard InChI is InChI=1S/C11H13N2O2.3CH3.Sn/c1-14-7-8-15-9-13-6-4-10-3-2-5-12-11(10)13;;;;/h2-3,5-6H,7-9H2,1H3;3*1H3;. The molecule has 0 amide bonds. The number of rotatable bonds is 6. The van der Waals surface area contributed by atoms with E-state index in [0.29, 0.717) is 19.9 Å². The van der Waals surface area contributed by atoms with Crippen molar-refractivity contribution in [2.24, 2.45) is 0 Å². The van der Waals surface area contributed by atoms with E-state index in [1.807, 2.05) is 12.3 Å². The average molecular weight is 369 g/mol. The molecule has 0 N–H and O–H groups in total. The first-order valence-corrected chi connectivity index (χ1v) is 16.5. The molecule has 104 valence electrons. The average Bonchev–Trinajstić information content (AvgIpc) is 2.74. The number of pyridine rings is 1. The summed E-state index contributed by atoms with van der Waals surface area (Å²) in [5.74, 6) is 0. The summed E-state index contributed by atoms with van der Waals surface area (Å²) in [6.45, 7) is 1.77. The molecule has 0 saturated heterocycles. The zero-order valence-corrected chi connectivity index (χ0v) is 15.0. The van der Waals surface area contributed by atoms with Crippen LogP contribution in [0.1, 0.15) is 0 Å². The van der Waals surface area contributed by atoms with Crippen LogP contribution in [0.3, 0.4) is 0 Å². The first-order valence-electron chi connectivity index (χ1n) is 6.55. The van der Waals surface area contributed by atoms with Gasteiger partial charge >= 0.3 is 118 Å². The molecule has 0 aromatic carbocycles. The maximum absolute atomic E-state index is 5.62. The van der Waals surface area contributed by atoms with Crippen LogP contribution in [-0.4, -0.2) is 48.3 Å². The summed E-state index contributed by atoms with van der Waals surface area (Å²) in [6.07, 6.45) is 4.08. The Morgan fingerprint density at radius 2 is 2.05 bits per heavy atom. The van der Waals surface area contributed by atoms with Gasteiger partial charge in [-0.3, -0.25) is 0 Å². The molecule has 0 radical (unpaired) electrons. The quantitative estimate of drug-likeness (QED) is 0.579. The van der Waals surface area contributed by atoms with E-state index in [9.17, 15) is 0 Å². The fourth-order valence-electron chi connectivity index (χ4n) is 2.12. The predicted octanol–water partition coefficient (Wildman–Crippen LogP) is 2.20. The van der Waals surface area contributed by atoms with Crippen molar-refractivity contribution in [2.75, 3.05) is 20.3 Å². The molecule has 2 aromatic heterocycles. The van der Waals surface area contributed by atoms with Crippen LogP contribution in [0.2, 0.25) is 14.8 Å². The molecule has 19 heavy (non-hydrogen) atoms. The van der Waals surface area contributed by atoms with Gasteiger partial charge in [0, 0.05) is 0 Å². The van der Waals surface area contributed by atoms with E-state index >= 15 is 0 Å². The first kappa shape index (κ1) is 14.8. The Bertz CT molecular complexity index is 546. The molecule has 0 bridgehead atoms. The SMILES string of the molecule is COCCOCn1c[c]([Sn]([CH3])([CH3])[CH3])c2cccnc21. The van der Waals surface area contributed by atoms with Crippen LogP contribution in [0.5, 0.6) is 0 Å². The summed E-state index contributed by atoms with van der Waals surface area (Å²) in [5, 5.41) is 1.29. The predicted molar refractivity (Wildman–Crippen MR) is 80.5 cm³/mol. The van der Waals surface area contributed by atoms with E-state index in [-0.39, 0.29) is 0 Å². The second-order valence-electron chi connectivity index (χ2n) is 5.67. The molecule has 4 nitrogen and oxygen atoms in total. The van der Waals surface area contributed by atoms with Crippen LogP contribution >= 0.6 is 0 Å². The van der Waals surface area contributed by atoms with Crippen molar-refractivity contribution in [1.82, 2.24) is 9.55 Å². The number of hydrogen-bond donors (Lipinski definition) is 0. The molecule has 2 aromatic rings. The number of hydrogen-bond acceptors (Lipinski definition) is 3. The van der Waals surface area contributed by atoms with Crippen LogP contribution in [0, 0.1) is 0 Å². The zero-order valence-electron chi connectivity index (χ0n) is 12.1. The van der Waals surface area contributed by atoms with Gasteiger partial charge in [0.2, 0.25) is 0 Å². The van der Waals surface area contributed by atoms with Crippen molar-refractivity contribution in [3.63, 3.8) is 0 Å². The molecule has 0 saturated carbocycles. The van der Waals surface area contributed by atoms with Gasteiger partial charge in [0.05, 0.1) is 0 Å². The zero-order chi connectivity index (χ0) is 13.9. The molecule has 0 unspecified atom stereocenters. The van der Waals surface area contributed by atoms with E-state index in [0.717, 1.165) is 5.65 Å². The van der Waals surface area contributed by atoms with Crippen LogP contribution in [0.25, 0.3) is 11.0 Å². The van der Waals surface area contributed by atoms with Crippen molar-refractivity contribution in [3.05, 3.63) is 24.5 Å². The fourth-order valence-corrected chi connectivity index (χ4v) is 6.54. The third-order valence-electron chi connectivity index (χ3n) is 3.10. The topological polar surface area (TPSA) is 36.3 Å². The van der Waals surface area contributed by atoms with Crippen molar-refractivity contribution < 1.29 is 9.47 Å². The van der Waals surface area contributed by atoms with Gasteiger partial charge in [-0.1, -0.05) is 0 Å². The Morgan fingerprint density at radius 1 is 1.26 bits per heavy atom. The summed E-state index contributed by atoms with van der Waals surface area (Å²) in [7, 11) is 1.68. The monoisotopic (exact) mass is 370 g/mol. The fraction of sp³-hybridized carbons (Fsp3) is 0.500. The van der Waals surface area contributed by atoms with Gasteiger partial charge < -0.3 is 0 Å². The molecule has 0 aliphatic rings. The molecular weight excluding hydrogens is 347 g/mol. The van der Waals surface area contributed by atoms with E-state index in [1.165, 1.54) is 8.97 Å². The molecule has 5 heteroatoms. The van der Waals surface area contributed by atoms with Gasteiger partial charge in [0.25, 0.3) is 0 Å². The van der Waals surface area contributed by atoms with Crippen LogP contribution in [0.15, 0.2) is 24.5 Å². The Morgan fingerprint density at radius 3 is 2.74 bits per heavy atom. The van der Waals surface area contributed by atoms with E-state index in [1.54, 1.807) is 7.11 Å². The van der Waals surface area contributed by atoms with E-state index in [4.69, 9.17) is 9.47 Å². The minimum atomic E-state index is -2.12. The van der Waals surface area contributed by atoms with Crippen molar-refractivity contribution in [2.45, 2.75) is 21.5 Å². The number of fused-ring (bicyclic) bond motifs is 1. The van der Waals surface area contributed by atoms with E-state index in [2.05, 4.69) is 36.6 Å². The molecule has 0 aliphatic heterocycles. The van der Waals surface area contributed by atoms with Crippen molar-refractivity contribution >= 4 is 33.0 Å². The third-order valence-corrected chi connectivity index (χ3v) is 8.85. The van der Waals surface area contributed by atoms with Gasteiger partial charge in [-0.25, -0.2) is 0 Å². The second kappa shape index (κ2) is 6.24. The number of aromatic nitrogens is 2. The third kappa shape index (κ3) is 3.49. The normalized spacial score (nSPS) is 12.2. The molecule has 0 atom stereocenters. The van der Waals surface area contributed by atoms with Gasteiger partial charge in [-0.15, -0.1) is 0 Å². The number of methoxy groups -OCH3 is 1. The minimum absolute atomic E-state index is 0.540. The Labute approximate surface area is 118 Å². The molecule has 0 spiro atoms. The van der Waals surface area contributed by atoms with Crippen LogP contribution in [-0.2, 0) is 16.2 Å². The molecule has 2 rings (SSSR count). The summed E-state index contributed by atoms with van der Waals surface area (Å²) in [4.78, 5) is 11.8. The molecule has 2 heterocycles. The Kier molecular flexibility index (Phi) is 4.86. The van der Waals surface area contributed by atoms with Gasteiger partial charge in [0.1, 0.15) is 0 Å². The summed E-state index contributed by atoms with van der Waals surface area (Å²) in [5.41, 5.74) is 1.03. The number of ether oxygens (including phenoxy) is 2. The van der Waals surface area contributed by atoms with Crippen molar-refractivity contribution in [1.29, 1.82) is 0 Å².